The number of hydrogen-bond donors (Lipinski definition) is 1. The predicted molar refractivity (Wildman–Crippen MR) is 102 cm³/mol. The number of aliphatic hydroxyl groups is 1. The molecule has 0 radical (unpaired) electrons. The van der Waals surface area contributed by atoms with Gasteiger partial charge in [0.25, 0.3) is 5.56 Å². The Balaban J connectivity index is 2.06. The fraction of sp³-hybridized carbons (Fsp3) is 0.667. The van der Waals surface area contributed by atoms with Crippen molar-refractivity contribution in [3.63, 3.8) is 0 Å². The molecule has 0 fully saturated rings. The lowest BCUT2D eigenvalue weighted by atomic mass is 9.97. The first-order chi connectivity index (χ1) is 11.6. The van der Waals surface area contributed by atoms with E-state index in [4.69, 9.17) is 10.1 Å². The van der Waals surface area contributed by atoms with E-state index < -0.39 is 0 Å². The van der Waals surface area contributed by atoms with Gasteiger partial charge in [-0.25, -0.2) is 4.98 Å². The third-order valence-corrected chi connectivity index (χ3v) is 6.75. The Morgan fingerprint density at radius 2 is 2.12 bits per heavy atom. The van der Waals surface area contributed by atoms with Crippen LogP contribution in [0.3, 0.4) is 0 Å². The van der Waals surface area contributed by atoms with Crippen LogP contribution in [0, 0.1) is 5.92 Å². The van der Waals surface area contributed by atoms with Crippen molar-refractivity contribution in [2.45, 2.75) is 64.1 Å². The van der Waals surface area contributed by atoms with E-state index in [0.717, 1.165) is 53.4 Å². The van der Waals surface area contributed by atoms with Crippen LogP contribution in [-0.4, -0.2) is 27.0 Å². The van der Waals surface area contributed by atoms with Crippen LogP contribution in [0.4, 0.5) is 0 Å². The van der Waals surface area contributed by atoms with Crippen LogP contribution in [-0.2, 0) is 19.4 Å². The minimum atomic E-state index is 0.145. The first-order valence-corrected chi connectivity index (χ1v) is 10.7. The number of nitrogens with zero attached hydrogens (tertiary/aromatic N) is 2. The van der Waals surface area contributed by atoms with Crippen LogP contribution in [0.2, 0.25) is 0 Å². The monoisotopic (exact) mass is 366 g/mol. The van der Waals surface area contributed by atoms with Gasteiger partial charge in [-0.3, -0.25) is 9.36 Å². The molecule has 2 heterocycles. The predicted octanol–water partition coefficient (Wildman–Crippen LogP) is 3.86. The first kappa shape index (κ1) is 18.0. The standard InChI is InChI=1S/C18H26N2O2S2/c1-12(2)8-9-20-17(22)15-13-6-3-4-7-14(13)24-16(15)19-18(20)23-11-5-10-21/h12,21H,3-11H2,1-2H3. The second kappa shape index (κ2) is 8.02. The molecule has 0 saturated heterocycles. The molecular weight excluding hydrogens is 340 g/mol. The van der Waals surface area contributed by atoms with Crippen LogP contribution >= 0.6 is 23.1 Å². The van der Waals surface area contributed by atoms with Crippen molar-refractivity contribution in [2.24, 2.45) is 5.92 Å². The minimum absolute atomic E-state index is 0.145. The Morgan fingerprint density at radius 1 is 1.33 bits per heavy atom. The summed E-state index contributed by atoms with van der Waals surface area (Å²) in [6.07, 6.45) is 6.22. The molecule has 1 aliphatic rings. The summed E-state index contributed by atoms with van der Waals surface area (Å²) in [4.78, 5) is 20.3. The molecular formula is C18H26N2O2S2. The SMILES string of the molecule is CC(C)CCn1c(SCCCO)nc2sc3c(c2c1=O)CCCC3. The van der Waals surface area contributed by atoms with Gasteiger partial charge in [0.2, 0.25) is 0 Å². The molecule has 0 unspecified atom stereocenters. The topological polar surface area (TPSA) is 55.1 Å². The third kappa shape index (κ3) is 3.70. The van der Waals surface area contributed by atoms with Crippen molar-refractivity contribution in [3.05, 3.63) is 20.8 Å². The number of fused-ring (bicyclic) bond motifs is 3. The van der Waals surface area contributed by atoms with E-state index >= 15 is 0 Å². The summed E-state index contributed by atoms with van der Waals surface area (Å²) in [6.45, 7) is 5.27. The molecule has 0 aliphatic heterocycles. The number of rotatable bonds is 7. The molecule has 0 bridgehead atoms. The van der Waals surface area contributed by atoms with Crippen LogP contribution in [0.5, 0.6) is 0 Å². The van der Waals surface area contributed by atoms with Crippen molar-refractivity contribution >= 4 is 33.3 Å². The van der Waals surface area contributed by atoms with E-state index in [2.05, 4.69) is 13.8 Å². The second-order valence-electron chi connectivity index (χ2n) is 6.85. The third-order valence-electron chi connectivity index (χ3n) is 4.50. The maximum Gasteiger partial charge on any atom is 0.263 e. The maximum atomic E-state index is 13.2. The second-order valence-corrected chi connectivity index (χ2v) is 9.00. The number of aliphatic hydroxyl groups excluding tert-OH is 1. The molecule has 0 atom stereocenters. The van der Waals surface area contributed by atoms with Gasteiger partial charge in [-0.15, -0.1) is 11.3 Å². The minimum Gasteiger partial charge on any atom is -0.396 e. The molecule has 1 N–H and O–H groups in total. The van der Waals surface area contributed by atoms with Gasteiger partial charge in [-0.2, -0.15) is 0 Å². The van der Waals surface area contributed by atoms with Crippen LogP contribution < -0.4 is 5.56 Å². The van der Waals surface area contributed by atoms with Gasteiger partial charge in [-0.05, 0) is 50.0 Å². The highest BCUT2D eigenvalue weighted by atomic mass is 32.2. The van der Waals surface area contributed by atoms with Crippen molar-refractivity contribution in [3.8, 4) is 0 Å². The average molecular weight is 367 g/mol. The fourth-order valence-electron chi connectivity index (χ4n) is 3.14. The van der Waals surface area contributed by atoms with Crippen LogP contribution in [0.15, 0.2) is 9.95 Å². The van der Waals surface area contributed by atoms with E-state index in [9.17, 15) is 4.79 Å². The van der Waals surface area contributed by atoms with Crippen molar-refractivity contribution in [1.29, 1.82) is 0 Å². The van der Waals surface area contributed by atoms with Gasteiger partial charge in [0.1, 0.15) is 4.83 Å². The molecule has 0 aromatic carbocycles. The lowest BCUT2D eigenvalue weighted by Crippen LogP contribution is -2.24. The van der Waals surface area contributed by atoms with Crippen molar-refractivity contribution < 1.29 is 5.11 Å². The summed E-state index contributed by atoms with van der Waals surface area (Å²) in [5, 5.41) is 10.7. The molecule has 6 heteroatoms. The zero-order valence-corrected chi connectivity index (χ0v) is 16.1. The largest absolute Gasteiger partial charge is 0.396 e. The number of aromatic nitrogens is 2. The Labute approximate surface area is 151 Å². The van der Waals surface area contributed by atoms with Crippen LogP contribution in [0.1, 0.15) is 50.0 Å². The summed E-state index contributed by atoms with van der Waals surface area (Å²) in [5.41, 5.74) is 1.41. The highest BCUT2D eigenvalue weighted by Gasteiger charge is 2.22. The summed E-state index contributed by atoms with van der Waals surface area (Å²) in [5.74, 6) is 1.35. The van der Waals surface area contributed by atoms with E-state index in [1.54, 1.807) is 23.1 Å². The molecule has 3 rings (SSSR count). The van der Waals surface area contributed by atoms with Gasteiger partial charge < -0.3 is 5.11 Å². The summed E-state index contributed by atoms with van der Waals surface area (Å²) >= 11 is 3.31. The van der Waals surface area contributed by atoms with Crippen LogP contribution in [0.25, 0.3) is 10.2 Å². The summed E-state index contributed by atoms with van der Waals surface area (Å²) < 4.78 is 1.88. The average Bonchev–Trinajstić information content (AvgIpc) is 2.92. The molecule has 0 amide bonds. The Bertz CT molecular complexity index is 764. The highest BCUT2D eigenvalue weighted by molar-refractivity contribution is 7.99. The molecule has 2 aromatic heterocycles. The number of thioether (sulfide) groups is 1. The Morgan fingerprint density at radius 3 is 2.88 bits per heavy atom. The quantitative estimate of drug-likeness (QED) is 0.459. The molecule has 132 valence electrons. The fourth-order valence-corrected chi connectivity index (χ4v) is 5.39. The molecule has 24 heavy (non-hydrogen) atoms. The molecule has 2 aromatic rings. The van der Waals surface area contributed by atoms with Gasteiger partial charge in [-0.1, -0.05) is 25.6 Å². The van der Waals surface area contributed by atoms with E-state index in [-0.39, 0.29) is 12.2 Å². The highest BCUT2D eigenvalue weighted by Crippen LogP contribution is 2.34. The molecule has 4 nitrogen and oxygen atoms in total. The van der Waals surface area contributed by atoms with Gasteiger partial charge >= 0.3 is 0 Å². The molecule has 1 aliphatic carbocycles. The zero-order chi connectivity index (χ0) is 17.1. The first-order valence-electron chi connectivity index (χ1n) is 8.90. The normalized spacial score (nSPS) is 14.5. The zero-order valence-electron chi connectivity index (χ0n) is 14.5. The van der Waals surface area contributed by atoms with E-state index in [1.807, 2.05) is 4.57 Å². The Hall–Kier alpha value is -0.850. The molecule has 0 spiro atoms. The molecule has 0 saturated carbocycles. The smallest absolute Gasteiger partial charge is 0.263 e. The summed E-state index contributed by atoms with van der Waals surface area (Å²) in [7, 11) is 0. The maximum absolute atomic E-state index is 13.2. The lowest BCUT2D eigenvalue weighted by Gasteiger charge is -2.14. The van der Waals surface area contributed by atoms with Crippen molar-refractivity contribution in [2.75, 3.05) is 12.4 Å². The van der Waals surface area contributed by atoms with Crippen molar-refractivity contribution in [1.82, 2.24) is 9.55 Å². The van der Waals surface area contributed by atoms with Gasteiger partial charge in [0.15, 0.2) is 5.16 Å². The van der Waals surface area contributed by atoms with E-state index in [0.29, 0.717) is 5.92 Å². The van der Waals surface area contributed by atoms with Gasteiger partial charge in [0, 0.05) is 23.8 Å². The number of thiophene rings is 1. The van der Waals surface area contributed by atoms with E-state index in [1.165, 1.54) is 23.3 Å². The van der Waals surface area contributed by atoms with Gasteiger partial charge in [0.05, 0.1) is 5.39 Å². The lowest BCUT2D eigenvalue weighted by molar-refractivity contribution is 0.296. The number of aryl methyl sites for hydroxylation is 2. The summed E-state index contributed by atoms with van der Waals surface area (Å²) in [6, 6.07) is 0. The Kier molecular flexibility index (Phi) is 6.00. The number of hydrogen-bond acceptors (Lipinski definition) is 5.